The van der Waals surface area contributed by atoms with Crippen LogP contribution in [0.2, 0.25) is 0 Å². The minimum Gasteiger partial charge on any atom is -0.482 e. The Hall–Kier alpha value is -2.28. The summed E-state index contributed by atoms with van der Waals surface area (Å²) in [6.07, 6.45) is -4.26. The molecule has 0 saturated carbocycles. The first-order valence-corrected chi connectivity index (χ1v) is 6.80. The van der Waals surface area contributed by atoms with Crippen molar-refractivity contribution in [3.8, 4) is 17.4 Å². The molecule has 0 fully saturated rings. The van der Waals surface area contributed by atoms with Gasteiger partial charge in [0.25, 0.3) is 5.24 Å². The first-order valence-electron chi connectivity index (χ1n) is 6.43. The number of aromatic nitrogens is 1. The number of halogens is 4. The predicted molar refractivity (Wildman–Crippen MR) is 76.7 cm³/mol. The van der Waals surface area contributed by atoms with Crippen molar-refractivity contribution in [3.63, 3.8) is 0 Å². The van der Waals surface area contributed by atoms with Crippen molar-refractivity contribution < 1.29 is 27.4 Å². The van der Waals surface area contributed by atoms with Crippen LogP contribution in [0, 0.1) is 0 Å². The Morgan fingerprint density at radius 3 is 2.35 bits per heavy atom. The lowest BCUT2D eigenvalue weighted by molar-refractivity contribution is -0.137. The van der Waals surface area contributed by atoms with Crippen LogP contribution in [-0.2, 0) is 11.0 Å². The van der Waals surface area contributed by atoms with Crippen LogP contribution in [-0.4, -0.2) is 16.3 Å². The molecule has 1 aromatic heterocycles. The fraction of sp³-hybridized carbons (Fsp3) is 0.200. The van der Waals surface area contributed by atoms with Crippen LogP contribution in [0.5, 0.6) is 17.4 Å². The van der Waals surface area contributed by atoms with Crippen molar-refractivity contribution in [1.82, 2.24) is 4.98 Å². The van der Waals surface area contributed by atoms with Crippen molar-refractivity contribution in [1.29, 1.82) is 0 Å². The molecule has 1 heterocycles. The van der Waals surface area contributed by atoms with E-state index in [0.29, 0.717) is 5.75 Å². The number of carbonyl (C=O) groups excluding carboxylic acids is 1. The van der Waals surface area contributed by atoms with E-state index >= 15 is 0 Å². The summed E-state index contributed by atoms with van der Waals surface area (Å²) in [7, 11) is 0. The second kappa shape index (κ2) is 6.87. The minimum atomic E-state index is -4.47. The van der Waals surface area contributed by atoms with Crippen molar-refractivity contribution >= 4 is 16.8 Å². The molecule has 0 bridgehead atoms. The summed E-state index contributed by atoms with van der Waals surface area (Å²) in [5.41, 5.74) is -0.850. The Labute approximate surface area is 134 Å². The zero-order chi connectivity index (χ0) is 17.0. The molecular weight excluding hydrogens is 335 g/mol. The van der Waals surface area contributed by atoms with Gasteiger partial charge in [0.2, 0.25) is 5.88 Å². The molecule has 0 aliphatic heterocycles. The van der Waals surface area contributed by atoms with Crippen molar-refractivity contribution in [2.75, 3.05) is 0 Å². The van der Waals surface area contributed by atoms with Crippen LogP contribution >= 0.6 is 11.6 Å². The van der Waals surface area contributed by atoms with Gasteiger partial charge in [0, 0.05) is 12.3 Å². The molecule has 0 spiro atoms. The fourth-order valence-electron chi connectivity index (χ4n) is 1.60. The molecule has 122 valence electrons. The van der Waals surface area contributed by atoms with E-state index in [1.807, 2.05) is 0 Å². The van der Waals surface area contributed by atoms with Crippen LogP contribution in [0.3, 0.4) is 0 Å². The predicted octanol–water partition coefficient (Wildman–Crippen LogP) is 4.43. The molecule has 0 aliphatic carbocycles. The van der Waals surface area contributed by atoms with Gasteiger partial charge in [-0.3, -0.25) is 4.79 Å². The van der Waals surface area contributed by atoms with Crippen LogP contribution < -0.4 is 9.47 Å². The SMILES string of the molecule is CC(Oc1ccc(Oc2cc(C(F)(F)F)ccn2)cc1)C(=O)Cl. The van der Waals surface area contributed by atoms with Crippen molar-refractivity contribution in [3.05, 3.63) is 48.2 Å². The summed E-state index contributed by atoms with van der Waals surface area (Å²) in [5, 5.41) is -0.640. The van der Waals surface area contributed by atoms with Crippen LogP contribution in [0.1, 0.15) is 12.5 Å². The third-order valence-electron chi connectivity index (χ3n) is 2.74. The van der Waals surface area contributed by atoms with Gasteiger partial charge in [0.15, 0.2) is 6.10 Å². The summed E-state index contributed by atoms with van der Waals surface area (Å²) in [4.78, 5) is 14.6. The highest BCUT2D eigenvalue weighted by Crippen LogP contribution is 2.31. The minimum absolute atomic E-state index is 0.183. The van der Waals surface area contributed by atoms with Gasteiger partial charge >= 0.3 is 6.18 Å². The molecule has 4 nitrogen and oxygen atoms in total. The Kier molecular flexibility index (Phi) is 5.10. The zero-order valence-electron chi connectivity index (χ0n) is 11.8. The van der Waals surface area contributed by atoms with Gasteiger partial charge < -0.3 is 9.47 Å². The second-order valence-electron chi connectivity index (χ2n) is 4.52. The van der Waals surface area contributed by atoms with Crippen molar-refractivity contribution in [2.45, 2.75) is 19.2 Å². The summed E-state index contributed by atoms with van der Waals surface area (Å²) in [5.74, 6) is 0.461. The quantitative estimate of drug-likeness (QED) is 0.752. The van der Waals surface area contributed by atoms with Gasteiger partial charge in [-0.1, -0.05) is 0 Å². The van der Waals surface area contributed by atoms with E-state index in [0.717, 1.165) is 18.3 Å². The van der Waals surface area contributed by atoms with Gasteiger partial charge in [-0.15, -0.1) is 0 Å². The van der Waals surface area contributed by atoms with E-state index < -0.39 is 23.1 Å². The van der Waals surface area contributed by atoms with E-state index in [1.54, 1.807) is 0 Å². The third kappa shape index (κ3) is 4.85. The molecule has 0 saturated heterocycles. The maximum Gasteiger partial charge on any atom is 0.416 e. The second-order valence-corrected chi connectivity index (χ2v) is 4.89. The normalized spacial score (nSPS) is 12.6. The van der Waals surface area contributed by atoms with Crippen molar-refractivity contribution in [2.24, 2.45) is 0 Å². The molecular formula is C15H11ClF3NO3. The Morgan fingerprint density at radius 2 is 1.78 bits per heavy atom. The van der Waals surface area contributed by atoms with Crippen LogP contribution in [0.25, 0.3) is 0 Å². The van der Waals surface area contributed by atoms with Crippen LogP contribution in [0.4, 0.5) is 13.2 Å². The first kappa shape index (κ1) is 17.1. The van der Waals surface area contributed by atoms with E-state index in [4.69, 9.17) is 21.1 Å². The van der Waals surface area contributed by atoms with Gasteiger partial charge in [0.05, 0.1) is 5.56 Å². The molecule has 23 heavy (non-hydrogen) atoms. The molecule has 0 amide bonds. The maximum absolute atomic E-state index is 12.6. The Balaban J connectivity index is 2.08. The zero-order valence-corrected chi connectivity index (χ0v) is 12.6. The third-order valence-corrected chi connectivity index (χ3v) is 3.05. The standard InChI is InChI=1S/C15H11ClF3NO3/c1-9(14(16)21)22-11-2-4-12(5-3-11)23-13-8-10(6-7-20-13)15(17,18)19/h2-9H,1H3. The summed E-state index contributed by atoms with van der Waals surface area (Å²) < 4.78 is 48.3. The summed E-state index contributed by atoms with van der Waals surface area (Å²) in [6, 6.07) is 7.61. The monoisotopic (exact) mass is 345 g/mol. The smallest absolute Gasteiger partial charge is 0.416 e. The number of pyridine rings is 1. The van der Waals surface area contributed by atoms with E-state index in [9.17, 15) is 18.0 Å². The lowest BCUT2D eigenvalue weighted by Crippen LogP contribution is -2.18. The number of ether oxygens (including phenoxy) is 2. The molecule has 1 atom stereocenters. The fourth-order valence-corrected chi connectivity index (χ4v) is 1.64. The summed E-state index contributed by atoms with van der Waals surface area (Å²) in [6.45, 7) is 1.49. The largest absolute Gasteiger partial charge is 0.482 e. The molecule has 8 heteroatoms. The highest BCUT2D eigenvalue weighted by molar-refractivity contribution is 6.64. The Bertz CT molecular complexity index is 689. The number of benzene rings is 1. The highest BCUT2D eigenvalue weighted by atomic mass is 35.5. The first-order chi connectivity index (χ1) is 10.8. The van der Waals surface area contributed by atoms with Gasteiger partial charge in [0.1, 0.15) is 11.5 Å². The average Bonchev–Trinajstić information content (AvgIpc) is 2.48. The number of rotatable bonds is 5. The maximum atomic E-state index is 12.6. The lowest BCUT2D eigenvalue weighted by Gasteiger charge is -2.11. The molecule has 1 unspecified atom stereocenters. The van der Waals surface area contributed by atoms with Gasteiger partial charge in [-0.2, -0.15) is 13.2 Å². The molecule has 0 aliphatic rings. The number of alkyl halides is 3. The Morgan fingerprint density at radius 1 is 1.17 bits per heavy atom. The number of nitrogens with zero attached hydrogens (tertiary/aromatic N) is 1. The number of hydrogen-bond donors (Lipinski definition) is 0. The highest BCUT2D eigenvalue weighted by Gasteiger charge is 2.31. The summed E-state index contributed by atoms with van der Waals surface area (Å²) >= 11 is 5.28. The molecule has 1 aromatic carbocycles. The lowest BCUT2D eigenvalue weighted by atomic mass is 10.2. The topological polar surface area (TPSA) is 48.4 Å². The number of carbonyl (C=O) groups is 1. The van der Waals surface area contributed by atoms with E-state index in [1.165, 1.54) is 31.2 Å². The van der Waals surface area contributed by atoms with E-state index in [-0.39, 0.29) is 11.6 Å². The molecule has 0 N–H and O–H groups in total. The molecule has 2 rings (SSSR count). The van der Waals surface area contributed by atoms with E-state index in [2.05, 4.69) is 4.98 Å². The average molecular weight is 346 g/mol. The van der Waals surface area contributed by atoms with Gasteiger partial charge in [-0.05, 0) is 48.9 Å². The van der Waals surface area contributed by atoms with Gasteiger partial charge in [-0.25, -0.2) is 4.98 Å². The molecule has 0 radical (unpaired) electrons. The van der Waals surface area contributed by atoms with Crippen LogP contribution in [0.15, 0.2) is 42.6 Å². The number of hydrogen-bond acceptors (Lipinski definition) is 4. The molecule has 2 aromatic rings.